The van der Waals surface area contributed by atoms with E-state index in [1.165, 1.54) is 5.56 Å². The Kier molecular flexibility index (Phi) is 3.00. The number of aromatic nitrogens is 3. The molecule has 0 spiro atoms. The van der Waals surface area contributed by atoms with Crippen LogP contribution in [0.1, 0.15) is 24.4 Å². The smallest absolute Gasteiger partial charge is 0.228 e. The fourth-order valence-electron chi connectivity index (χ4n) is 1.37. The second-order valence-corrected chi connectivity index (χ2v) is 4.27. The molecule has 2 aromatic rings. The van der Waals surface area contributed by atoms with Gasteiger partial charge >= 0.3 is 0 Å². The largest absolute Gasteiger partial charge is 0.368 e. The van der Waals surface area contributed by atoms with Gasteiger partial charge in [0.25, 0.3) is 0 Å². The van der Waals surface area contributed by atoms with Crippen LogP contribution in [0.5, 0.6) is 0 Å². The fourth-order valence-corrected chi connectivity index (χ4v) is 2.12. The van der Waals surface area contributed by atoms with Crippen LogP contribution in [-0.2, 0) is 0 Å². The predicted octanol–water partition coefficient (Wildman–Crippen LogP) is 2.00. The number of nitrogens with one attached hydrogen (secondary N) is 1. The molecule has 2 rings (SSSR count). The zero-order valence-electron chi connectivity index (χ0n) is 9.14. The van der Waals surface area contributed by atoms with Crippen molar-refractivity contribution in [2.45, 2.75) is 19.9 Å². The molecule has 0 bridgehead atoms. The first-order chi connectivity index (χ1) is 7.65. The Morgan fingerprint density at radius 3 is 2.81 bits per heavy atom. The van der Waals surface area contributed by atoms with E-state index in [0.717, 1.165) is 0 Å². The second-order valence-electron chi connectivity index (χ2n) is 3.49. The van der Waals surface area contributed by atoms with Gasteiger partial charge in [-0.2, -0.15) is 26.3 Å². The molecule has 0 fully saturated rings. The van der Waals surface area contributed by atoms with Gasteiger partial charge in [-0.15, -0.1) is 0 Å². The van der Waals surface area contributed by atoms with Gasteiger partial charge in [0, 0.05) is 0 Å². The predicted molar refractivity (Wildman–Crippen MR) is 65.3 cm³/mol. The Morgan fingerprint density at radius 1 is 1.38 bits per heavy atom. The number of rotatable bonds is 3. The Balaban J connectivity index is 2.15. The molecule has 1 unspecified atom stereocenters. The zero-order valence-corrected chi connectivity index (χ0v) is 9.95. The molecular formula is C10H13N5S. The van der Waals surface area contributed by atoms with E-state index >= 15 is 0 Å². The van der Waals surface area contributed by atoms with Gasteiger partial charge in [0.2, 0.25) is 11.9 Å². The number of thiophene rings is 1. The van der Waals surface area contributed by atoms with Crippen molar-refractivity contribution >= 4 is 23.2 Å². The first-order valence-electron chi connectivity index (χ1n) is 4.92. The van der Waals surface area contributed by atoms with Crippen LogP contribution in [0, 0.1) is 6.92 Å². The minimum atomic E-state index is 0.160. The molecule has 16 heavy (non-hydrogen) atoms. The van der Waals surface area contributed by atoms with Crippen molar-refractivity contribution in [1.29, 1.82) is 0 Å². The minimum Gasteiger partial charge on any atom is -0.368 e. The van der Waals surface area contributed by atoms with Gasteiger partial charge in [0.1, 0.15) is 5.82 Å². The van der Waals surface area contributed by atoms with E-state index in [0.29, 0.717) is 11.8 Å². The lowest BCUT2D eigenvalue weighted by Gasteiger charge is -2.12. The van der Waals surface area contributed by atoms with Crippen molar-refractivity contribution in [3.63, 3.8) is 0 Å². The quantitative estimate of drug-likeness (QED) is 0.850. The average molecular weight is 235 g/mol. The van der Waals surface area contributed by atoms with Crippen LogP contribution in [-0.4, -0.2) is 15.0 Å². The highest BCUT2D eigenvalue weighted by atomic mass is 32.1. The van der Waals surface area contributed by atoms with E-state index < -0.39 is 0 Å². The number of hydrogen-bond donors (Lipinski definition) is 2. The van der Waals surface area contributed by atoms with Crippen molar-refractivity contribution in [2.75, 3.05) is 11.1 Å². The van der Waals surface area contributed by atoms with Gasteiger partial charge < -0.3 is 11.1 Å². The van der Waals surface area contributed by atoms with Crippen LogP contribution >= 0.6 is 11.3 Å². The van der Waals surface area contributed by atoms with Crippen LogP contribution in [0.3, 0.4) is 0 Å². The molecule has 0 saturated carbocycles. The van der Waals surface area contributed by atoms with E-state index in [4.69, 9.17) is 5.73 Å². The maximum Gasteiger partial charge on any atom is 0.228 e. The molecule has 84 valence electrons. The molecule has 0 aliphatic carbocycles. The summed E-state index contributed by atoms with van der Waals surface area (Å²) in [6.07, 6.45) is 0. The summed E-state index contributed by atoms with van der Waals surface area (Å²) >= 11 is 1.67. The molecule has 0 amide bonds. The fraction of sp³-hybridized carbons (Fsp3) is 0.300. The third-order valence-corrected chi connectivity index (χ3v) is 2.85. The molecule has 0 radical (unpaired) electrons. The summed E-state index contributed by atoms with van der Waals surface area (Å²) in [7, 11) is 0. The number of nitrogens with two attached hydrogens (primary N) is 1. The Morgan fingerprint density at radius 2 is 2.19 bits per heavy atom. The average Bonchev–Trinajstić information content (AvgIpc) is 2.68. The van der Waals surface area contributed by atoms with Crippen molar-refractivity contribution < 1.29 is 0 Å². The van der Waals surface area contributed by atoms with Crippen molar-refractivity contribution in [3.8, 4) is 0 Å². The highest BCUT2D eigenvalue weighted by Crippen LogP contribution is 2.19. The van der Waals surface area contributed by atoms with Crippen molar-refractivity contribution in [3.05, 3.63) is 28.2 Å². The van der Waals surface area contributed by atoms with Gasteiger partial charge in [-0.1, -0.05) is 0 Å². The first kappa shape index (κ1) is 10.8. The lowest BCUT2D eigenvalue weighted by molar-refractivity contribution is 0.851. The SMILES string of the molecule is Cc1nc(N)nc(NC(C)c2ccsc2)n1. The third-order valence-electron chi connectivity index (χ3n) is 2.15. The third kappa shape index (κ3) is 2.46. The van der Waals surface area contributed by atoms with E-state index in [9.17, 15) is 0 Å². The molecule has 0 aromatic carbocycles. The molecule has 2 heterocycles. The standard InChI is InChI=1S/C10H13N5S/c1-6(8-3-4-16-5-8)12-10-14-7(2)13-9(11)15-10/h3-6H,1-2H3,(H3,11,12,13,14,15). The highest BCUT2D eigenvalue weighted by Gasteiger charge is 2.08. The molecule has 1 atom stereocenters. The molecule has 6 heteroatoms. The monoisotopic (exact) mass is 235 g/mol. The van der Waals surface area contributed by atoms with Crippen LogP contribution in [0.15, 0.2) is 16.8 Å². The molecule has 0 aliphatic rings. The van der Waals surface area contributed by atoms with Gasteiger partial charge in [0.05, 0.1) is 6.04 Å². The topological polar surface area (TPSA) is 76.7 Å². The number of nitrogen functional groups attached to an aromatic ring is 1. The zero-order chi connectivity index (χ0) is 11.5. The summed E-state index contributed by atoms with van der Waals surface area (Å²) in [5, 5.41) is 7.32. The number of nitrogens with zero attached hydrogens (tertiary/aromatic N) is 3. The summed E-state index contributed by atoms with van der Waals surface area (Å²) in [6, 6.07) is 2.23. The van der Waals surface area contributed by atoms with Gasteiger partial charge in [0.15, 0.2) is 0 Å². The highest BCUT2D eigenvalue weighted by molar-refractivity contribution is 7.07. The second kappa shape index (κ2) is 4.44. The molecule has 0 aliphatic heterocycles. The number of hydrogen-bond acceptors (Lipinski definition) is 6. The lowest BCUT2D eigenvalue weighted by Crippen LogP contribution is -2.11. The van der Waals surface area contributed by atoms with Crippen LogP contribution < -0.4 is 11.1 Å². The molecule has 0 saturated heterocycles. The summed E-state index contributed by atoms with van der Waals surface area (Å²) in [4.78, 5) is 12.1. The minimum absolute atomic E-state index is 0.160. The number of anilines is 2. The normalized spacial score (nSPS) is 12.4. The summed E-state index contributed by atoms with van der Waals surface area (Å²) in [5.41, 5.74) is 6.76. The van der Waals surface area contributed by atoms with Crippen LogP contribution in [0.2, 0.25) is 0 Å². The summed E-state index contributed by atoms with van der Waals surface area (Å²) in [6.45, 7) is 3.84. The Hall–Kier alpha value is -1.69. The van der Waals surface area contributed by atoms with E-state index in [1.54, 1.807) is 18.3 Å². The molecule has 2 aromatic heterocycles. The van der Waals surface area contributed by atoms with Crippen LogP contribution in [0.4, 0.5) is 11.9 Å². The van der Waals surface area contributed by atoms with Gasteiger partial charge in [-0.25, -0.2) is 0 Å². The van der Waals surface area contributed by atoms with E-state index in [2.05, 4.69) is 38.6 Å². The van der Waals surface area contributed by atoms with Gasteiger partial charge in [-0.3, -0.25) is 0 Å². The summed E-state index contributed by atoms with van der Waals surface area (Å²) < 4.78 is 0. The Bertz CT molecular complexity index is 448. The molecular weight excluding hydrogens is 222 g/mol. The maximum absolute atomic E-state index is 5.55. The van der Waals surface area contributed by atoms with Crippen molar-refractivity contribution in [1.82, 2.24) is 15.0 Å². The van der Waals surface area contributed by atoms with Crippen LogP contribution in [0.25, 0.3) is 0 Å². The summed E-state index contributed by atoms with van der Waals surface area (Å²) in [5.74, 6) is 1.38. The Labute approximate surface area is 97.8 Å². The van der Waals surface area contributed by atoms with Gasteiger partial charge in [-0.05, 0) is 36.2 Å². The van der Waals surface area contributed by atoms with E-state index in [-0.39, 0.29) is 12.0 Å². The maximum atomic E-state index is 5.55. The molecule has 3 N–H and O–H groups in total. The van der Waals surface area contributed by atoms with Crippen molar-refractivity contribution in [2.24, 2.45) is 0 Å². The first-order valence-corrected chi connectivity index (χ1v) is 5.86. The number of aryl methyl sites for hydroxylation is 1. The molecule has 5 nitrogen and oxygen atoms in total. The van der Waals surface area contributed by atoms with E-state index in [1.807, 2.05) is 5.38 Å². The lowest BCUT2D eigenvalue weighted by atomic mass is 10.2.